The zero-order chi connectivity index (χ0) is 44.2. The molecule has 3 N–H and O–H groups in total. The molecule has 11 heteroatoms. The Bertz CT molecular complexity index is 952. The maximum Gasteiger partial charge on any atom is 0.501 e. The summed E-state index contributed by atoms with van der Waals surface area (Å²) in [5, 5.41) is 8.98. The monoisotopic (exact) mass is 832 g/mol. The second-order valence-electron chi connectivity index (χ2n) is 19.3. The van der Waals surface area contributed by atoms with Crippen molar-refractivity contribution >= 4 is 34.6 Å². The fraction of sp³-hybridized carbons (Fsp3) is 0.933. The van der Waals surface area contributed by atoms with Crippen molar-refractivity contribution in [1.82, 2.24) is 16.0 Å². The van der Waals surface area contributed by atoms with Crippen LogP contribution in [0.2, 0.25) is 28.7 Å². The van der Waals surface area contributed by atoms with Crippen LogP contribution in [0.3, 0.4) is 0 Å². The van der Waals surface area contributed by atoms with Gasteiger partial charge < -0.3 is 29.2 Å². The molecule has 3 amide bonds. The lowest BCUT2D eigenvalue weighted by atomic mass is 10.1. The van der Waals surface area contributed by atoms with Crippen molar-refractivity contribution in [2.45, 2.75) is 230 Å². The Hall–Kier alpha value is -1.28. The maximum atomic E-state index is 11.7. The summed E-state index contributed by atoms with van der Waals surface area (Å²) in [4.78, 5) is 34.6. The van der Waals surface area contributed by atoms with Crippen molar-refractivity contribution in [1.29, 1.82) is 0 Å². The van der Waals surface area contributed by atoms with Crippen molar-refractivity contribution in [3.05, 3.63) is 0 Å². The third kappa shape index (κ3) is 31.7. The molecule has 9 nitrogen and oxygen atoms in total. The van der Waals surface area contributed by atoms with E-state index < -0.39 is 16.9 Å². The fourth-order valence-corrected chi connectivity index (χ4v) is 17.2. The van der Waals surface area contributed by atoms with E-state index in [1.807, 2.05) is 55.4 Å². The van der Waals surface area contributed by atoms with Crippen LogP contribution in [0.5, 0.6) is 0 Å². The number of hydrogen-bond donors (Lipinski definition) is 3. The largest absolute Gasteiger partial charge is 0.501 e. The van der Waals surface area contributed by atoms with Gasteiger partial charge in [-0.2, -0.15) is 0 Å². The van der Waals surface area contributed by atoms with E-state index in [-0.39, 0.29) is 36.0 Å². The van der Waals surface area contributed by atoms with Gasteiger partial charge in [0.05, 0.1) is 8.07 Å². The molecule has 0 saturated carbocycles. The van der Waals surface area contributed by atoms with Crippen LogP contribution in [0.4, 0.5) is 0 Å². The second kappa shape index (κ2) is 32.6. The minimum Gasteiger partial charge on any atom is -0.371 e. The number of amides is 3. The van der Waals surface area contributed by atoms with Gasteiger partial charge in [0.25, 0.3) is 0 Å². The summed E-state index contributed by atoms with van der Waals surface area (Å²) in [5.41, 5.74) is 2.44. The predicted molar refractivity (Wildman–Crippen MR) is 246 cm³/mol. The summed E-state index contributed by atoms with van der Waals surface area (Å²) < 4.78 is 18.3. The van der Waals surface area contributed by atoms with Gasteiger partial charge in [-0.1, -0.05) is 120 Å². The highest BCUT2D eigenvalue weighted by Gasteiger charge is 2.44. The van der Waals surface area contributed by atoms with Crippen LogP contribution in [-0.2, 0) is 27.7 Å². The van der Waals surface area contributed by atoms with E-state index in [4.69, 9.17) is 13.3 Å². The van der Waals surface area contributed by atoms with E-state index in [1.54, 1.807) is 0 Å². The number of carbonyl (C=O) groups is 3. The first kappa shape index (κ1) is 59.0. The lowest BCUT2D eigenvalue weighted by Crippen LogP contribution is -2.51. The lowest BCUT2D eigenvalue weighted by molar-refractivity contribution is -0.122. The van der Waals surface area contributed by atoms with Gasteiger partial charge in [0.2, 0.25) is 17.7 Å². The Morgan fingerprint density at radius 1 is 0.411 bits per heavy atom. The molecule has 0 aliphatic carbocycles. The highest BCUT2D eigenvalue weighted by molar-refractivity contribution is 6.83. The molecule has 0 heterocycles. The normalized spacial score (nSPS) is 12.3. The molecule has 0 radical (unpaired) electrons. The summed E-state index contributed by atoms with van der Waals surface area (Å²) in [7, 11) is -4.02. The molecule has 0 spiro atoms. The van der Waals surface area contributed by atoms with Crippen LogP contribution in [0, 0.1) is 23.7 Å². The van der Waals surface area contributed by atoms with Gasteiger partial charge in [-0.3, -0.25) is 14.4 Å². The third-order valence-corrected chi connectivity index (χ3v) is 20.7. The van der Waals surface area contributed by atoms with Gasteiger partial charge in [-0.05, 0) is 90.9 Å². The Labute approximate surface area is 350 Å². The maximum absolute atomic E-state index is 11.7. The van der Waals surface area contributed by atoms with E-state index in [0.717, 1.165) is 54.9 Å². The van der Waals surface area contributed by atoms with E-state index in [2.05, 4.69) is 99.0 Å². The summed E-state index contributed by atoms with van der Waals surface area (Å²) in [6.45, 7) is 45.6. The van der Waals surface area contributed by atoms with Crippen LogP contribution in [-0.4, -0.2) is 72.5 Å². The summed E-state index contributed by atoms with van der Waals surface area (Å²) in [6, 6.07) is 2.05. The number of carbonyl (C=O) groups excluding carboxylic acids is 3. The fourth-order valence-electron chi connectivity index (χ4n) is 7.43. The van der Waals surface area contributed by atoms with Crippen LogP contribution in [0.1, 0.15) is 183 Å². The molecule has 0 fully saturated rings. The van der Waals surface area contributed by atoms with E-state index >= 15 is 0 Å². The van der Waals surface area contributed by atoms with Crippen LogP contribution in [0.25, 0.3) is 0 Å². The van der Waals surface area contributed by atoms with Crippen molar-refractivity contribution in [2.75, 3.05) is 19.6 Å². The smallest absolute Gasteiger partial charge is 0.371 e. The molecular weight excluding hydrogens is 735 g/mol. The standard InChI is InChI=1S/C17H37NO4Si.C17H37NOSi.C11H23NO/c1-13(2)12-17(19)18-10-9-11-23(20-14(3)4,21-15(5)6)22-16(7)8;1-13(2)12-17(19)18-10-9-11-20(14(3)4,15(5)6)16(7)8;1-9(2)6-5-7-12-11(13)8-10(3)4/h13-16H,9-12H2,1-8H3,(H,18,19);13-16H,9-12H2,1-8H3,(H,18,19);9-10H,5-8H2,1-4H3,(H,12,13). The Morgan fingerprint density at radius 2 is 0.696 bits per heavy atom. The van der Waals surface area contributed by atoms with Gasteiger partial charge in [-0.15, -0.1) is 0 Å². The van der Waals surface area contributed by atoms with Crippen molar-refractivity contribution < 1.29 is 27.7 Å². The van der Waals surface area contributed by atoms with Crippen LogP contribution >= 0.6 is 0 Å². The Kier molecular flexibility index (Phi) is 34.3. The average molecular weight is 832 g/mol. The minimum atomic E-state index is -2.74. The molecular formula is C45H97N3O6Si2. The number of nitrogens with one attached hydrogen (secondary N) is 3. The molecule has 0 bridgehead atoms. The quantitative estimate of drug-likeness (QED) is 0.0561. The summed E-state index contributed by atoms with van der Waals surface area (Å²) >= 11 is 0. The van der Waals surface area contributed by atoms with Crippen molar-refractivity contribution in [3.63, 3.8) is 0 Å². The molecule has 0 aromatic carbocycles. The zero-order valence-electron chi connectivity index (χ0n) is 40.7. The summed E-state index contributed by atoms with van der Waals surface area (Å²) in [5.74, 6) is 2.54. The molecule has 0 saturated heterocycles. The lowest BCUT2D eigenvalue weighted by Gasteiger charge is -2.43. The van der Waals surface area contributed by atoms with E-state index in [0.29, 0.717) is 49.6 Å². The Balaban J connectivity index is -0.000000781. The average Bonchev–Trinajstić information content (AvgIpc) is 2.99. The first-order chi connectivity index (χ1) is 25.7. The zero-order valence-corrected chi connectivity index (χ0v) is 42.7. The van der Waals surface area contributed by atoms with E-state index in [9.17, 15) is 14.4 Å². The molecule has 0 aliphatic heterocycles. The van der Waals surface area contributed by atoms with Gasteiger partial charge >= 0.3 is 8.80 Å². The van der Waals surface area contributed by atoms with Gasteiger partial charge in [0, 0.05) is 63.3 Å². The molecule has 0 aromatic heterocycles. The first-order valence-corrected chi connectivity index (χ1v) is 26.9. The third-order valence-electron chi connectivity index (χ3n) is 9.62. The van der Waals surface area contributed by atoms with Crippen molar-refractivity contribution in [2.24, 2.45) is 23.7 Å². The minimum absolute atomic E-state index is 0.0506. The predicted octanol–water partition coefficient (Wildman–Crippen LogP) is 11.6. The molecule has 0 aromatic rings. The topological polar surface area (TPSA) is 115 Å². The first-order valence-electron chi connectivity index (χ1n) is 22.6. The summed E-state index contributed by atoms with van der Waals surface area (Å²) in [6.07, 6.45) is 6.26. The second-order valence-corrected chi connectivity index (χ2v) is 28.1. The SMILES string of the molecule is CC(C)CC(=O)NCCC[Si](C(C)C)(C(C)C)C(C)C.CC(C)CC(=O)NCCC[Si](OC(C)C)(OC(C)C)OC(C)C.CC(C)CCCNC(=O)CC(C)C. The highest BCUT2D eigenvalue weighted by atomic mass is 28.4. The Morgan fingerprint density at radius 3 is 0.946 bits per heavy atom. The molecule has 0 aliphatic rings. The van der Waals surface area contributed by atoms with Gasteiger partial charge in [-0.25, -0.2) is 0 Å². The van der Waals surface area contributed by atoms with Crippen LogP contribution < -0.4 is 16.0 Å². The highest BCUT2D eigenvalue weighted by Crippen LogP contribution is 2.45. The molecule has 0 atom stereocenters. The molecule has 0 unspecified atom stereocenters. The molecule has 0 rings (SSSR count). The number of hydrogen-bond acceptors (Lipinski definition) is 6. The van der Waals surface area contributed by atoms with Crippen molar-refractivity contribution in [3.8, 4) is 0 Å². The molecule has 336 valence electrons. The number of rotatable bonds is 27. The van der Waals surface area contributed by atoms with Gasteiger partial charge in [0.15, 0.2) is 0 Å². The van der Waals surface area contributed by atoms with Crippen LogP contribution in [0.15, 0.2) is 0 Å². The van der Waals surface area contributed by atoms with Gasteiger partial charge in [0.1, 0.15) is 0 Å². The van der Waals surface area contributed by atoms with E-state index in [1.165, 1.54) is 12.5 Å². The molecule has 56 heavy (non-hydrogen) atoms.